The number of carbonyl (C=O) groups is 1. The molecule has 0 unspecified atom stereocenters. The molecule has 1 N–H and O–H groups in total. The van der Waals surface area contributed by atoms with Gasteiger partial charge in [0, 0.05) is 55.7 Å². The van der Waals surface area contributed by atoms with Crippen molar-refractivity contribution in [2.45, 2.75) is 13.0 Å². The fraction of sp³-hybridized carbons (Fsp3) is 0.438. The van der Waals surface area contributed by atoms with Gasteiger partial charge < -0.3 is 14.5 Å². The van der Waals surface area contributed by atoms with Crippen LogP contribution >= 0.6 is 0 Å². The Morgan fingerprint density at radius 3 is 3.00 bits per heavy atom. The maximum atomic E-state index is 12.6. The third-order valence-corrected chi connectivity index (χ3v) is 4.43. The second kappa shape index (κ2) is 6.00. The maximum absolute atomic E-state index is 12.6. The van der Waals surface area contributed by atoms with Crippen LogP contribution in [0.5, 0.6) is 0 Å². The molecule has 0 bridgehead atoms. The molecule has 2 aliphatic rings. The van der Waals surface area contributed by atoms with Gasteiger partial charge in [-0.05, 0) is 12.1 Å². The zero-order chi connectivity index (χ0) is 15.6. The average molecular weight is 313 g/mol. The topological polar surface area (TPSA) is 74.4 Å². The predicted molar refractivity (Wildman–Crippen MR) is 84.3 cm³/mol. The van der Waals surface area contributed by atoms with Crippen molar-refractivity contribution in [3.8, 4) is 0 Å². The number of carbonyl (C=O) groups excluding carboxylic acids is 1. The summed E-state index contributed by atoms with van der Waals surface area (Å²) in [6.45, 7) is 4.17. The van der Waals surface area contributed by atoms with Crippen molar-refractivity contribution in [1.29, 1.82) is 0 Å². The highest BCUT2D eigenvalue weighted by Crippen LogP contribution is 2.23. The number of nitrogens with zero attached hydrogens (tertiary/aromatic N) is 4. The summed E-state index contributed by atoms with van der Waals surface area (Å²) < 4.78 is 5.30. The van der Waals surface area contributed by atoms with E-state index in [0.717, 1.165) is 25.2 Å². The molecule has 0 atom stereocenters. The molecule has 1 amide bonds. The first-order chi connectivity index (χ1) is 11.3. The molecule has 2 aliphatic heterocycles. The number of aromatic amines is 1. The molecular formula is C16H19N5O2. The van der Waals surface area contributed by atoms with Crippen molar-refractivity contribution in [1.82, 2.24) is 20.1 Å². The van der Waals surface area contributed by atoms with Crippen molar-refractivity contribution in [2.75, 3.05) is 37.7 Å². The molecule has 1 fully saturated rings. The minimum absolute atomic E-state index is 0.0174. The number of nitrogens with one attached hydrogen (secondary N) is 1. The predicted octanol–water partition coefficient (Wildman–Crippen LogP) is 0.840. The molecule has 0 aliphatic carbocycles. The Balaban J connectivity index is 1.53. The lowest BCUT2D eigenvalue weighted by molar-refractivity contribution is 0.0299. The number of anilines is 1. The second-order valence-electron chi connectivity index (χ2n) is 5.85. The van der Waals surface area contributed by atoms with Crippen LogP contribution in [-0.2, 0) is 17.7 Å². The summed E-state index contributed by atoms with van der Waals surface area (Å²) in [5.74, 6) is -0.0174. The summed E-state index contributed by atoms with van der Waals surface area (Å²) in [5.41, 5.74) is 3.96. The van der Waals surface area contributed by atoms with E-state index in [4.69, 9.17) is 4.74 Å². The molecule has 2 aromatic heterocycles. The van der Waals surface area contributed by atoms with E-state index >= 15 is 0 Å². The fourth-order valence-corrected chi connectivity index (χ4v) is 3.10. The van der Waals surface area contributed by atoms with Gasteiger partial charge in [0.25, 0.3) is 5.91 Å². The van der Waals surface area contributed by atoms with Crippen LogP contribution < -0.4 is 4.90 Å². The Hall–Kier alpha value is -2.41. The Morgan fingerprint density at radius 2 is 2.13 bits per heavy atom. The SMILES string of the molecule is O=C(c1cc(N2CCc3[nH]ncc3C2)ccn1)N1CCOCC1. The Bertz CT molecular complexity index is 708. The smallest absolute Gasteiger partial charge is 0.272 e. The standard InChI is InChI=1S/C16H19N5O2/c22-16(20-5-7-23-8-6-20)15-9-13(1-3-17-15)21-4-2-14-12(11-21)10-18-19-14/h1,3,9-10H,2,4-8,11H2,(H,18,19). The zero-order valence-corrected chi connectivity index (χ0v) is 12.9. The first-order valence-electron chi connectivity index (χ1n) is 7.90. The highest BCUT2D eigenvalue weighted by molar-refractivity contribution is 5.93. The molecule has 0 aromatic carbocycles. The van der Waals surface area contributed by atoms with Gasteiger partial charge in [-0.25, -0.2) is 0 Å². The number of ether oxygens (including phenoxy) is 1. The number of hydrogen-bond donors (Lipinski definition) is 1. The number of amides is 1. The first kappa shape index (κ1) is 14.2. The van der Waals surface area contributed by atoms with Gasteiger partial charge in [-0.1, -0.05) is 0 Å². The molecule has 1 saturated heterocycles. The van der Waals surface area contributed by atoms with Crippen LogP contribution in [-0.4, -0.2) is 58.8 Å². The van der Waals surface area contributed by atoms with Gasteiger partial charge >= 0.3 is 0 Å². The van der Waals surface area contributed by atoms with Crippen LogP contribution in [0.25, 0.3) is 0 Å². The van der Waals surface area contributed by atoms with Crippen LogP contribution in [0.2, 0.25) is 0 Å². The van der Waals surface area contributed by atoms with E-state index in [2.05, 4.69) is 20.1 Å². The molecule has 4 heterocycles. The summed E-state index contributed by atoms with van der Waals surface area (Å²) in [7, 11) is 0. The molecule has 4 rings (SSSR count). The van der Waals surface area contributed by atoms with Crippen LogP contribution in [0.3, 0.4) is 0 Å². The lowest BCUT2D eigenvalue weighted by atomic mass is 10.1. The molecular weight excluding hydrogens is 294 g/mol. The van der Waals surface area contributed by atoms with Crippen molar-refractivity contribution in [3.63, 3.8) is 0 Å². The lowest BCUT2D eigenvalue weighted by Crippen LogP contribution is -2.41. The fourth-order valence-electron chi connectivity index (χ4n) is 3.10. The van der Waals surface area contributed by atoms with Gasteiger partial charge in [0.05, 0.1) is 19.4 Å². The third-order valence-electron chi connectivity index (χ3n) is 4.43. The molecule has 23 heavy (non-hydrogen) atoms. The van der Waals surface area contributed by atoms with Crippen LogP contribution in [0.4, 0.5) is 5.69 Å². The first-order valence-corrected chi connectivity index (χ1v) is 7.90. The van der Waals surface area contributed by atoms with Gasteiger partial charge in [0.2, 0.25) is 0 Å². The highest BCUT2D eigenvalue weighted by Gasteiger charge is 2.22. The van der Waals surface area contributed by atoms with Gasteiger partial charge in [-0.15, -0.1) is 0 Å². The number of morpholine rings is 1. The third kappa shape index (κ3) is 2.79. The number of fused-ring (bicyclic) bond motifs is 1. The van der Waals surface area contributed by atoms with E-state index < -0.39 is 0 Å². The quantitative estimate of drug-likeness (QED) is 0.889. The van der Waals surface area contributed by atoms with Crippen LogP contribution in [0, 0.1) is 0 Å². The van der Waals surface area contributed by atoms with Crippen LogP contribution in [0.1, 0.15) is 21.7 Å². The van der Waals surface area contributed by atoms with Gasteiger partial charge in [0.1, 0.15) is 5.69 Å². The number of pyridine rings is 1. The van der Waals surface area contributed by atoms with Crippen molar-refractivity contribution in [2.24, 2.45) is 0 Å². The average Bonchev–Trinajstić information content (AvgIpc) is 3.09. The minimum Gasteiger partial charge on any atom is -0.378 e. The highest BCUT2D eigenvalue weighted by atomic mass is 16.5. The Morgan fingerprint density at radius 1 is 1.26 bits per heavy atom. The van der Waals surface area contributed by atoms with Crippen molar-refractivity contribution in [3.05, 3.63) is 41.5 Å². The molecule has 2 aromatic rings. The number of rotatable bonds is 2. The lowest BCUT2D eigenvalue weighted by Gasteiger charge is -2.29. The van der Waals surface area contributed by atoms with Crippen molar-refractivity contribution < 1.29 is 9.53 Å². The largest absolute Gasteiger partial charge is 0.378 e. The number of aromatic nitrogens is 3. The van der Waals surface area contributed by atoms with E-state index in [1.54, 1.807) is 11.1 Å². The van der Waals surface area contributed by atoms with E-state index in [9.17, 15) is 4.79 Å². The summed E-state index contributed by atoms with van der Waals surface area (Å²) in [6.07, 6.45) is 4.53. The Kier molecular flexibility index (Phi) is 3.70. The summed E-state index contributed by atoms with van der Waals surface area (Å²) >= 11 is 0. The Labute approximate surface area is 134 Å². The molecule has 0 spiro atoms. The van der Waals surface area contributed by atoms with E-state index in [-0.39, 0.29) is 5.91 Å². The van der Waals surface area contributed by atoms with E-state index in [1.807, 2.05) is 18.3 Å². The second-order valence-corrected chi connectivity index (χ2v) is 5.85. The number of H-pyrrole nitrogens is 1. The van der Waals surface area contributed by atoms with Crippen molar-refractivity contribution >= 4 is 11.6 Å². The molecule has 7 heteroatoms. The molecule has 0 saturated carbocycles. The normalized spacial score (nSPS) is 17.9. The maximum Gasteiger partial charge on any atom is 0.272 e. The monoisotopic (exact) mass is 313 g/mol. The van der Waals surface area contributed by atoms with Gasteiger partial charge in [-0.2, -0.15) is 5.10 Å². The number of hydrogen-bond acceptors (Lipinski definition) is 5. The molecule has 120 valence electrons. The zero-order valence-electron chi connectivity index (χ0n) is 12.9. The molecule has 0 radical (unpaired) electrons. The van der Waals surface area contributed by atoms with E-state index in [1.165, 1.54) is 11.3 Å². The van der Waals surface area contributed by atoms with E-state index in [0.29, 0.717) is 32.0 Å². The van der Waals surface area contributed by atoms with Gasteiger partial charge in [0.15, 0.2) is 0 Å². The summed E-state index contributed by atoms with van der Waals surface area (Å²) in [6, 6.07) is 3.85. The summed E-state index contributed by atoms with van der Waals surface area (Å²) in [4.78, 5) is 20.9. The molecule has 7 nitrogen and oxygen atoms in total. The van der Waals surface area contributed by atoms with Crippen LogP contribution in [0.15, 0.2) is 24.5 Å². The minimum atomic E-state index is -0.0174. The summed E-state index contributed by atoms with van der Waals surface area (Å²) in [5, 5.41) is 7.14. The van der Waals surface area contributed by atoms with Gasteiger partial charge in [-0.3, -0.25) is 14.9 Å².